The van der Waals surface area contributed by atoms with Crippen molar-refractivity contribution in [1.82, 2.24) is 4.98 Å². The van der Waals surface area contributed by atoms with Crippen molar-refractivity contribution < 1.29 is 27.4 Å². The highest BCUT2D eigenvalue weighted by Gasteiger charge is 2.43. The molecule has 0 aliphatic heterocycles. The summed E-state index contributed by atoms with van der Waals surface area (Å²) in [7, 11) is 0. The summed E-state index contributed by atoms with van der Waals surface area (Å²) in [5, 5.41) is 0. The lowest BCUT2D eigenvalue weighted by Gasteiger charge is -2.20. The van der Waals surface area contributed by atoms with E-state index >= 15 is 0 Å². The van der Waals surface area contributed by atoms with Crippen LogP contribution >= 0.6 is 0 Å². The molecule has 0 fully saturated rings. The minimum atomic E-state index is -4.69. The Hall–Kier alpha value is -2.41. The number of benzene rings is 1. The Bertz CT molecular complexity index is 805. The molecule has 1 atom stereocenters. The Balaban J connectivity index is 1.91. The van der Waals surface area contributed by atoms with Gasteiger partial charge in [0.2, 0.25) is 6.10 Å². The van der Waals surface area contributed by atoms with Crippen molar-refractivity contribution in [2.75, 3.05) is 13.2 Å². The SMILES string of the molecule is CCCCCCCCc1ccc(-c2ccc(C(=O)OC(COCC)C(F)(F)F)cc2)nc1. The fourth-order valence-electron chi connectivity index (χ4n) is 3.25. The number of esters is 1. The maximum absolute atomic E-state index is 13.0. The molecule has 0 saturated heterocycles. The van der Waals surface area contributed by atoms with E-state index in [1.165, 1.54) is 49.8 Å². The maximum atomic E-state index is 13.0. The monoisotopic (exact) mass is 451 g/mol. The molecule has 0 amide bonds. The van der Waals surface area contributed by atoms with Crippen molar-refractivity contribution in [2.24, 2.45) is 0 Å². The first-order chi connectivity index (χ1) is 15.3. The number of aromatic nitrogens is 1. The smallest absolute Gasteiger partial charge is 0.427 e. The molecule has 7 heteroatoms. The van der Waals surface area contributed by atoms with Crippen LogP contribution in [-0.4, -0.2) is 36.4 Å². The molecule has 1 unspecified atom stereocenters. The van der Waals surface area contributed by atoms with E-state index in [0.717, 1.165) is 24.1 Å². The molecule has 0 N–H and O–H groups in total. The van der Waals surface area contributed by atoms with Crippen LogP contribution in [0.3, 0.4) is 0 Å². The van der Waals surface area contributed by atoms with E-state index < -0.39 is 24.9 Å². The predicted octanol–water partition coefficient (Wildman–Crippen LogP) is 6.78. The van der Waals surface area contributed by atoms with Crippen LogP contribution in [0.2, 0.25) is 0 Å². The van der Waals surface area contributed by atoms with Gasteiger partial charge in [0.15, 0.2) is 0 Å². The molecule has 2 rings (SSSR count). The van der Waals surface area contributed by atoms with Crippen molar-refractivity contribution in [3.63, 3.8) is 0 Å². The van der Waals surface area contributed by atoms with Gasteiger partial charge in [0.1, 0.15) is 0 Å². The molecule has 0 aliphatic carbocycles. The number of carbonyl (C=O) groups excluding carboxylic acids is 1. The van der Waals surface area contributed by atoms with Crippen LogP contribution in [0.4, 0.5) is 13.2 Å². The first kappa shape index (κ1) is 25.8. The van der Waals surface area contributed by atoms with Crippen LogP contribution in [0.1, 0.15) is 68.3 Å². The van der Waals surface area contributed by atoms with Gasteiger partial charge in [-0.1, -0.05) is 57.2 Å². The maximum Gasteiger partial charge on any atom is 0.427 e. The Morgan fingerprint density at radius 3 is 2.25 bits per heavy atom. The number of alkyl halides is 3. The summed E-state index contributed by atoms with van der Waals surface area (Å²) in [6.07, 6.45) is 3.32. The molecular weight excluding hydrogens is 419 g/mol. The Morgan fingerprint density at radius 1 is 0.969 bits per heavy atom. The number of aryl methyl sites for hydroxylation is 1. The van der Waals surface area contributed by atoms with Crippen molar-refractivity contribution in [1.29, 1.82) is 0 Å². The number of carbonyl (C=O) groups is 1. The summed E-state index contributed by atoms with van der Waals surface area (Å²) >= 11 is 0. The molecule has 0 radical (unpaired) electrons. The van der Waals surface area contributed by atoms with Crippen LogP contribution < -0.4 is 0 Å². The van der Waals surface area contributed by atoms with Gasteiger partial charge < -0.3 is 9.47 Å². The van der Waals surface area contributed by atoms with Crippen molar-refractivity contribution >= 4 is 5.97 Å². The number of hydrogen-bond acceptors (Lipinski definition) is 4. The van der Waals surface area contributed by atoms with E-state index in [9.17, 15) is 18.0 Å². The summed E-state index contributed by atoms with van der Waals surface area (Å²) in [6, 6.07) is 10.1. The summed E-state index contributed by atoms with van der Waals surface area (Å²) in [5.41, 5.74) is 2.73. The van der Waals surface area contributed by atoms with Gasteiger partial charge in [-0.15, -0.1) is 0 Å². The van der Waals surface area contributed by atoms with E-state index in [2.05, 4.69) is 16.6 Å². The lowest BCUT2D eigenvalue weighted by Crippen LogP contribution is -2.37. The molecule has 4 nitrogen and oxygen atoms in total. The molecule has 1 aromatic heterocycles. The lowest BCUT2D eigenvalue weighted by molar-refractivity contribution is -0.217. The topological polar surface area (TPSA) is 48.4 Å². The fourth-order valence-corrected chi connectivity index (χ4v) is 3.25. The summed E-state index contributed by atoms with van der Waals surface area (Å²) < 4.78 is 48.5. The van der Waals surface area contributed by atoms with Crippen LogP contribution in [0, 0.1) is 0 Å². The zero-order chi connectivity index (χ0) is 23.4. The summed E-state index contributed by atoms with van der Waals surface area (Å²) in [5.74, 6) is -1.04. The molecular formula is C25H32F3NO3. The molecule has 32 heavy (non-hydrogen) atoms. The first-order valence-electron chi connectivity index (χ1n) is 11.3. The molecule has 0 saturated carbocycles. The number of hydrogen-bond donors (Lipinski definition) is 0. The number of halogens is 3. The number of pyridine rings is 1. The van der Waals surface area contributed by atoms with Gasteiger partial charge in [0.25, 0.3) is 0 Å². The minimum absolute atomic E-state index is 0.0409. The van der Waals surface area contributed by atoms with E-state index in [1.807, 2.05) is 18.3 Å². The molecule has 0 bridgehead atoms. The standard InChI is InChI=1S/C25H32F3NO3/c1-3-5-6-7-8-9-10-19-11-16-22(29-17-19)20-12-14-21(15-13-20)24(30)32-23(18-31-4-2)25(26,27)28/h11-17,23H,3-10,18H2,1-2H3. The van der Waals surface area contributed by atoms with Gasteiger partial charge in [-0.3, -0.25) is 4.98 Å². The lowest BCUT2D eigenvalue weighted by atomic mass is 10.0. The van der Waals surface area contributed by atoms with Crippen molar-refractivity contribution in [2.45, 2.75) is 71.1 Å². The summed E-state index contributed by atoms with van der Waals surface area (Å²) in [4.78, 5) is 16.6. The second-order valence-electron chi connectivity index (χ2n) is 7.74. The summed E-state index contributed by atoms with van der Waals surface area (Å²) in [6.45, 7) is 3.16. The van der Waals surface area contributed by atoms with Crippen molar-refractivity contribution in [3.05, 3.63) is 53.7 Å². The molecule has 0 spiro atoms. The highest BCUT2D eigenvalue weighted by molar-refractivity contribution is 5.90. The second-order valence-corrected chi connectivity index (χ2v) is 7.74. The highest BCUT2D eigenvalue weighted by atomic mass is 19.4. The average Bonchev–Trinajstić information content (AvgIpc) is 2.78. The zero-order valence-electron chi connectivity index (χ0n) is 18.8. The van der Waals surface area contributed by atoms with E-state index in [-0.39, 0.29) is 12.2 Å². The quantitative estimate of drug-likeness (QED) is 0.249. The van der Waals surface area contributed by atoms with Gasteiger partial charge in [0.05, 0.1) is 17.9 Å². The highest BCUT2D eigenvalue weighted by Crippen LogP contribution is 2.25. The molecule has 1 aromatic carbocycles. The van der Waals surface area contributed by atoms with Gasteiger partial charge in [-0.25, -0.2) is 4.79 Å². The van der Waals surface area contributed by atoms with E-state index in [1.54, 1.807) is 19.1 Å². The molecule has 2 aromatic rings. The first-order valence-corrected chi connectivity index (χ1v) is 11.3. The third-order valence-electron chi connectivity index (χ3n) is 5.15. The van der Waals surface area contributed by atoms with Crippen LogP contribution in [0.5, 0.6) is 0 Å². The molecule has 0 aliphatic rings. The Kier molecular flexibility index (Phi) is 10.7. The molecule has 176 valence electrons. The molecule has 1 heterocycles. The van der Waals surface area contributed by atoms with E-state index in [0.29, 0.717) is 0 Å². The number of rotatable bonds is 13. The van der Waals surface area contributed by atoms with Crippen LogP contribution in [0.25, 0.3) is 11.3 Å². The third kappa shape index (κ3) is 8.61. The Labute approximate surface area is 188 Å². The van der Waals surface area contributed by atoms with Gasteiger partial charge in [-0.2, -0.15) is 13.2 Å². The third-order valence-corrected chi connectivity index (χ3v) is 5.15. The largest absolute Gasteiger partial charge is 0.447 e. The minimum Gasteiger partial charge on any atom is -0.447 e. The number of ether oxygens (including phenoxy) is 2. The average molecular weight is 452 g/mol. The van der Waals surface area contributed by atoms with Crippen molar-refractivity contribution in [3.8, 4) is 11.3 Å². The Morgan fingerprint density at radius 2 is 1.66 bits per heavy atom. The van der Waals surface area contributed by atoms with Gasteiger partial charge in [-0.05, 0) is 43.5 Å². The van der Waals surface area contributed by atoms with Gasteiger partial charge in [0, 0.05) is 18.4 Å². The zero-order valence-corrected chi connectivity index (χ0v) is 18.8. The number of unbranched alkanes of at least 4 members (excludes halogenated alkanes) is 5. The number of nitrogens with zero attached hydrogens (tertiary/aromatic N) is 1. The normalized spacial score (nSPS) is 12.5. The predicted molar refractivity (Wildman–Crippen MR) is 119 cm³/mol. The van der Waals surface area contributed by atoms with Crippen LogP contribution in [0.15, 0.2) is 42.6 Å². The van der Waals surface area contributed by atoms with Crippen LogP contribution in [-0.2, 0) is 15.9 Å². The fraction of sp³-hybridized carbons (Fsp3) is 0.520. The van der Waals surface area contributed by atoms with Gasteiger partial charge >= 0.3 is 12.1 Å². The second kappa shape index (κ2) is 13.2. The van der Waals surface area contributed by atoms with E-state index in [4.69, 9.17) is 4.74 Å².